The zero-order valence-corrected chi connectivity index (χ0v) is 30.5. The van der Waals surface area contributed by atoms with Crippen LogP contribution in [0.2, 0.25) is 0 Å². The number of nitrogens with zero attached hydrogens (tertiary/aromatic N) is 1. The van der Waals surface area contributed by atoms with Crippen molar-refractivity contribution in [3.05, 3.63) is 186 Å². The summed E-state index contributed by atoms with van der Waals surface area (Å²) in [7, 11) is 0. The third kappa shape index (κ3) is 4.14. The van der Waals surface area contributed by atoms with Gasteiger partial charge in [0.15, 0.2) is 0 Å². The zero-order valence-electron chi connectivity index (χ0n) is 30.5. The molecule has 1 nitrogen and oxygen atoms in total. The summed E-state index contributed by atoms with van der Waals surface area (Å²) >= 11 is 0. The fraction of sp³-hybridized carbons (Fsp3) is 0.115. The Bertz CT molecular complexity index is 3000. The van der Waals surface area contributed by atoms with Crippen LogP contribution in [0.1, 0.15) is 49.9 Å². The van der Waals surface area contributed by atoms with Crippen LogP contribution in [0.25, 0.3) is 65.3 Å². The van der Waals surface area contributed by atoms with Crippen molar-refractivity contribution in [1.29, 1.82) is 0 Å². The highest BCUT2D eigenvalue weighted by Gasteiger charge is 2.42. The van der Waals surface area contributed by atoms with Gasteiger partial charge in [-0.15, -0.1) is 0 Å². The molecule has 0 spiro atoms. The molecule has 0 aromatic heterocycles. The summed E-state index contributed by atoms with van der Waals surface area (Å²) in [6.07, 6.45) is 0. The van der Waals surface area contributed by atoms with Gasteiger partial charge < -0.3 is 4.90 Å². The minimum atomic E-state index is -0.177. The molecule has 252 valence electrons. The largest absolute Gasteiger partial charge is 0.310 e. The van der Waals surface area contributed by atoms with E-state index in [1.807, 2.05) is 0 Å². The van der Waals surface area contributed by atoms with E-state index in [2.05, 4.69) is 196 Å². The van der Waals surface area contributed by atoms with E-state index in [9.17, 15) is 0 Å². The molecule has 0 amide bonds. The number of hydrogen-bond donors (Lipinski definition) is 0. The standard InChI is InChI=1S/C52H39N/c1-51(2)46-27-34(53(33-17-6-5-7-18-33)50-24-14-16-32-15-8-9-19-35(32)50)25-26-40(46)44-30-49-45(31-48(44)51)43-28-41-38-22-12-10-20-36(38)37-21-11-13-23-39(37)42(41)29-47(43)52(49,3)4/h5-31H,1-4H3. The summed E-state index contributed by atoms with van der Waals surface area (Å²) in [5.41, 5.74) is 14.3. The number of hydrogen-bond acceptors (Lipinski definition) is 1. The second kappa shape index (κ2) is 10.7. The Morgan fingerprint density at radius 2 is 0.792 bits per heavy atom. The molecule has 53 heavy (non-hydrogen) atoms. The monoisotopic (exact) mass is 677 g/mol. The fourth-order valence-corrected chi connectivity index (χ4v) is 9.89. The Morgan fingerprint density at radius 3 is 1.45 bits per heavy atom. The van der Waals surface area contributed by atoms with E-state index in [1.165, 1.54) is 99.0 Å². The smallest absolute Gasteiger partial charge is 0.0540 e. The Kier molecular flexibility index (Phi) is 6.14. The topological polar surface area (TPSA) is 3.24 Å². The molecule has 0 N–H and O–H groups in total. The molecule has 0 unspecified atom stereocenters. The van der Waals surface area contributed by atoms with Gasteiger partial charge in [0, 0.05) is 27.6 Å². The molecule has 0 bridgehead atoms. The normalized spacial score (nSPS) is 14.7. The Balaban J connectivity index is 1.10. The van der Waals surface area contributed by atoms with Gasteiger partial charge in [-0.2, -0.15) is 0 Å². The van der Waals surface area contributed by atoms with Crippen LogP contribution in [0, 0.1) is 0 Å². The van der Waals surface area contributed by atoms with E-state index in [0.717, 1.165) is 5.69 Å². The van der Waals surface area contributed by atoms with Crippen molar-refractivity contribution in [2.75, 3.05) is 4.90 Å². The van der Waals surface area contributed by atoms with Crippen LogP contribution in [-0.4, -0.2) is 0 Å². The Hall–Kier alpha value is -6.18. The van der Waals surface area contributed by atoms with Crippen LogP contribution in [0.15, 0.2) is 164 Å². The zero-order chi connectivity index (χ0) is 35.6. The molecule has 2 aliphatic carbocycles. The summed E-state index contributed by atoms with van der Waals surface area (Å²) in [4.78, 5) is 2.43. The molecule has 0 fully saturated rings. The highest BCUT2D eigenvalue weighted by atomic mass is 15.1. The molecule has 2 aliphatic rings. The molecule has 9 aromatic carbocycles. The maximum Gasteiger partial charge on any atom is 0.0540 e. The van der Waals surface area contributed by atoms with Gasteiger partial charge in [-0.3, -0.25) is 0 Å². The molecule has 0 heterocycles. The highest BCUT2D eigenvalue weighted by Crippen LogP contribution is 2.58. The van der Waals surface area contributed by atoms with Gasteiger partial charge in [0.05, 0.1) is 5.69 Å². The van der Waals surface area contributed by atoms with Crippen LogP contribution < -0.4 is 4.90 Å². The Labute approximate surface area is 310 Å². The van der Waals surface area contributed by atoms with Crippen LogP contribution in [-0.2, 0) is 10.8 Å². The van der Waals surface area contributed by atoms with Gasteiger partial charge in [-0.1, -0.05) is 137 Å². The highest BCUT2D eigenvalue weighted by molar-refractivity contribution is 6.26. The average Bonchev–Trinajstić information content (AvgIpc) is 3.55. The number of fused-ring (bicyclic) bond motifs is 13. The van der Waals surface area contributed by atoms with Gasteiger partial charge in [0.25, 0.3) is 0 Å². The predicted molar refractivity (Wildman–Crippen MR) is 226 cm³/mol. The van der Waals surface area contributed by atoms with Gasteiger partial charge in [-0.25, -0.2) is 0 Å². The van der Waals surface area contributed by atoms with Crippen LogP contribution >= 0.6 is 0 Å². The average molecular weight is 678 g/mol. The number of anilines is 3. The second-order valence-corrected chi connectivity index (χ2v) is 16.1. The van der Waals surface area contributed by atoms with Gasteiger partial charge in [0.2, 0.25) is 0 Å². The summed E-state index contributed by atoms with van der Waals surface area (Å²) in [5.74, 6) is 0. The third-order valence-electron chi connectivity index (χ3n) is 12.6. The fourth-order valence-electron chi connectivity index (χ4n) is 9.89. The summed E-state index contributed by atoms with van der Waals surface area (Å²) < 4.78 is 0. The van der Waals surface area contributed by atoms with Crippen molar-refractivity contribution in [3.63, 3.8) is 0 Å². The molecule has 0 aliphatic heterocycles. The molecule has 11 rings (SSSR count). The SMILES string of the molecule is CC1(C)c2cc(N(c3ccccc3)c3cccc4ccccc34)ccc2-c2cc3c(cc21)-c1cc2c4ccccc4c4ccccc4c2cc1C3(C)C. The minimum absolute atomic E-state index is 0.133. The third-order valence-corrected chi connectivity index (χ3v) is 12.6. The molecule has 1 heteroatoms. The van der Waals surface area contributed by atoms with Crippen molar-refractivity contribution >= 4 is 60.2 Å². The summed E-state index contributed by atoms with van der Waals surface area (Å²) in [6.45, 7) is 9.68. The molecule has 0 saturated carbocycles. The van der Waals surface area contributed by atoms with E-state index in [4.69, 9.17) is 0 Å². The quantitative estimate of drug-likeness (QED) is 0.168. The lowest BCUT2D eigenvalue weighted by molar-refractivity contribution is 0.652. The van der Waals surface area contributed by atoms with Crippen LogP contribution in [0.4, 0.5) is 17.1 Å². The van der Waals surface area contributed by atoms with Gasteiger partial charge in [-0.05, 0) is 137 Å². The number of rotatable bonds is 3. The van der Waals surface area contributed by atoms with Gasteiger partial charge >= 0.3 is 0 Å². The first-order valence-electron chi connectivity index (χ1n) is 18.9. The van der Waals surface area contributed by atoms with E-state index in [0.29, 0.717) is 0 Å². The molecular formula is C52H39N. The predicted octanol–water partition coefficient (Wildman–Crippen LogP) is 14.4. The lowest BCUT2D eigenvalue weighted by atomic mass is 9.79. The van der Waals surface area contributed by atoms with Crippen molar-refractivity contribution in [2.24, 2.45) is 0 Å². The lowest BCUT2D eigenvalue weighted by Gasteiger charge is -2.29. The van der Waals surface area contributed by atoms with Crippen molar-refractivity contribution < 1.29 is 0 Å². The second-order valence-electron chi connectivity index (χ2n) is 16.1. The van der Waals surface area contributed by atoms with Crippen molar-refractivity contribution in [3.8, 4) is 22.3 Å². The van der Waals surface area contributed by atoms with E-state index >= 15 is 0 Å². The molecule has 9 aromatic rings. The Morgan fingerprint density at radius 1 is 0.321 bits per heavy atom. The van der Waals surface area contributed by atoms with Crippen LogP contribution in [0.3, 0.4) is 0 Å². The van der Waals surface area contributed by atoms with Crippen molar-refractivity contribution in [1.82, 2.24) is 0 Å². The maximum absolute atomic E-state index is 2.55. The first-order chi connectivity index (χ1) is 25.8. The first-order valence-corrected chi connectivity index (χ1v) is 18.9. The lowest BCUT2D eigenvalue weighted by Crippen LogP contribution is -2.17. The molecule has 0 radical (unpaired) electrons. The molecule has 0 saturated heterocycles. The van der Waals surface area contributed by atoms with Crippen LogP contribution in [0.5, 0.6) is 0 Å². The molecule has 0 atom stereocenters. The van der Waals surface area contributed by atoms with E-state index in [-0.39, 0.29) is 10.8 Å². The number of para-hydroxylation sites is 1. The first kappa shape index (κ1) is 30.4. The number of benzene rings is 9. The van der Waals surface area contributed by atoms with E-state index < -0.39 is 0 Å². The maximum atomic E-state index is 2.55. The summed E-state index contributed by atoms with van der Waals surface area (Å²) in [5, 5.41) is 10.5. The van der Waals surface area contributed by atoms with Gasteiger partial charge in [0.1, 0.15) is 0 Å². The minimum Gasteiger partial charge on any atom is -0.310 e. The van der Waals surface area contributed by atoms with E-state index in [1.54, 1.807) is 0 Å². The molecular weight excluding hydrogens is 639 g/mol. The van der Waals surface area contributed by atoms with Crippen molar-refractivity contribution in [2.45, 2.75) is 38.5 Å². The summed E-state index contributed by atoms with van der Waals surface area (Å²) in [6, 6.07) is 61.3.